The van der Waals surface area contributed by atoms with Gasteiger partial charge in [0.15, 0.2) is 5.96 Å². The lowest BCUT2D eigenvalue weighted by molar-refractivity contribution is 0.295. The number of hydrogen-bond donors (Lipinski definition) is 1. The number of halogens is 1. The fourth-order valence-electron chi connectivity index (χ4n) is 2.61. The lowest BCUT2D eigenvalue weighted by Crippen LogP contribution is -2.41. The molecule has 134 valence electrons. The van der Waals surface area contributed by atoms with Crippen molar-refractivity contribution in [2.75, 3.05) is 34.7 Å². The number of hydrogen-bond acceptors (Lipinski definition) is 2. The van der Waals surface area contributed by atoms with E-state index in [1.807, 2.05) is 57.4 Å². The summed E-state index contributed by atoms with van der Waals surface area (Å²) >= 11 is 0. The molecule has 0 aliphatic rings. The van der Waals surface area contributed by atoms with E-state index in [2.05, 4.69) is 27.3 Å². The van der Waals surface area contributed by atoms with Crippen LogP contribution in [0.5, 0.6) is 0 Å². The molecule has 2 aromatic carbocycles. The van der Waals surface area contributed by atoms with E-state index in [9.17, 15) is 4.39 Å². The van der Waals surface area contributed by atoms with Crippen LogP contribution in [0.4, 0.5) is 4.39 Å². The van der Waals surface area contributed by atoms with E-state index < -0.39 is 0 Å². The van der Waals surface area contributed by atoms with Crippen LogP contribution in [-0.2, 0) is 6.54 Å². The van der Waals surface area contributed by atoms with Crippen molar-refractivity contribution in [2.24, 2.45) is 4.99 Å². The van der Waals surface area contributed by atoms with Gasteiger partial charge in [0.1, 0.15) is 5.82 Å². The van der Waals surface area contributed by atoms with E-state index in [1.54, 1.807) is 12.1 Å². The minimum Gasteiger partial charge on any atom is -0.354 e. The predicted molar refractivity (Wildman–Crippen MR) is 102 cm³/mol. The summed E-state index contributed by atoms with van der Waals surface area (Å²) in [5, 5.41) is 3.40. The average molecular weight is 342 g/mol. The van der Waals surface area contributed by atoms with Gasteiger partial charge in [-0.25, -0.2) is 9.38 Å². The highest BCUT2D eigenvalue weighted by molar-refractivity contribution is 5.79. The molecule has 1 N–H and O–H groups in total. The van der Waals surface area contributed by atoms with Gasteiger partial charge in [0, 0.05) is 20.6 Å². The molecule has 0 aliphatic heterocycles. The molecule has 0 saturated heterocycles. The summed E-state index contributed by atoms with van der Waals surface area (Å²) in [7, 11) is 7.91. The monoisotopic (exact) mass is 342 g/mol. The summed E-state index contributed by atoms with van der Waals surface area (Å²) in [6, 6.07) is 17.0. The van der Waals surface area contributed by atoms with Crippen LogP contribution in [0.25, 0.3) is 0 Å². The molecule has 0 fully saturated rings. The van der Waals surface area contributed by atoms with Crippen LogP contribution < -0.4 is 5.32 Å². The van der Waals surface area contributed by atoms with Crippen molar-refractivity contribution in [3.8, 4) is 0 Å². The summed E-state index contributed by atoms with van der Waals surface area (Å²) in [6.45, 7) is 1.26. The van der Waals surface area contributed by atoms with Crippen LogP contribution in [0.15, 0.2) is 59.6 Å². The number of likely N-dealkylation sites (N-methyl/N-ethyl adjacent to an activating group) is 1. The van der Waals surface area contributed by atoms with Gasteiger partial charge in [-0.3, -0.25) is 0 Å². The molecule has 25 heavy (non-hydrogen) atoms. The topological polar surface area (TPSA) is 30.9 Å². The Labute approximate surface area is 150 Å². The number of rotatable bonds is 6. The van der Waals surface area contributed by atoms with Crippen molar-refractivity contribution in [2.45, 2.75) is 12.6 Å². The smallest absolute Gasteiger partial charge is 0.193 e. The normalized spacial score (nSPS) is 13.0. The maximum atomic E-state index is 13.6. The van der Waals surface area contributed by atoms with Crippen LogP contribution in [0.2, 0.25) is 0 Å². The largest absolute Gasteiger partial charge is 0.354 e. The van der Waals surface area contributed by atoms with Gasteiger partial charge in [0.25, 0.3) is 0 Å². The van der Waals surface area contributed by atoms with E-state index >= 15 is 0 Å². The molecule has 0 amide bonds. The Morgan fingerprint density at radius 2 is 1.76 bits per heavy atom. The average Bonchev–Trinajstić information content (AvgIpc) is 2.58. The van der Waals surface area contributed by atoms with Crippen molar-refractivity contribution in [1.82, 2.24) is 15.1 Å². The summed E-state index contributed by atoms with van der Waals surface area (Å²) in [6.07, 6.45) is 0. The van der Waals surface area contributed by atoms with E-state index in [0.717, 1.165) is 17.1 Å². The summed E-state index contributed by atoms with van der Waals surface area (Å²) in [5.41, 5.74) is 2.11. The lowest BCUT2D eigenvalue weighted by Gasteiger charge is -2.27. The lowest BCUT2D eigenvalue weighted by atomic mass is 10.1. The van der Waals surface area contributed by atoms with Crippen molar-refractivity contribution in [3.63, 3.8) is 0 Å². The van der Waals surface area contributed by atoms with Gasteiger partial charge in [-0.15, -0.1) is 0 Å². The zero-order chi connectivity index (χ0) is 18.2. The molecule has 0 bridgehead atoms. The molecule has 2 aromatic rings. The zero-order valence-electron chi connectivity index (χ0n) is 15.4. The van der Waals surface area contributed by atoms with Crippen LogP contribution in [0, 0.1) is 5.82 Å². The molecule has 1 atom stereocenters. The highest BCUT2D eigenvalue weighted by atomic mass is 19.1. The number of nitrogens with zero attached hydrogens (tertiary/aromatic N) is 3. The molecule has 0 aromatic heterocycles. The van der Waals surface area contributed by atoms with Crippen LogP contribution in [0.3, 0.4) is 0 Å². The van der Waals surface area contributed by atoms with Gasteiger partial charge in [-0.05, 0) is 37.4 Å². The van der Waals surface area contributed by atoms with E-state index in [-0.39, 0.29) is 11.9 Å². The second-order valence-corrected chi connectivity index (χ2v) is 6.44. The number of guanidine groups is 1. The molecular formula is C20H27FN4. The summed E-state index contributed by atoms with van der Waals surface area (Å²) in [5.74, 6) is 0.599. The van der Waals surface area contributed by atoms with E-state index in [0.29, 0.717) is 13.1 Å². The third kappa shape index (κ3) is 5.87. The highest BCUT2D eigenvalue weighted by Crippen LogP contribution is 2.18. The van der Waals surface area contributed by atoms with Crippen LogP contribution >= 0.6 is 0 Å². The Kier molecular flexibility index (Phi) is 6.95. The van der Waals surface area contributed by atoms with Crippen molar-refractivity contribution in [3.05, 3.63) is 71.5 Å². The van der Waals surface area contributed by atoms with Gasteiger partial charge in [0.05, 0.1) is 12.6 Å². The van der Waals surface area contributed by atoms with Crippen molar-refractivity contribution in [1.29, 1.82) is 0 Å². The fourth-order valence-corrected chi connectivity index (χ4v) is 2.61. The quantitative estimate of drug-likeness (QED) is 0.646. The Balaban J connectivity index is 2.07. The second kappa shape index (κ2) is 9.18. The van der Waals surface area contributed by atoms with E-state index in [4.69, 9.17) is 0 Å². The Morgan fingerprint density at radius 1 is 1.04 bits per heavy atom. The minimum atomic E-state index is -0.213. The third-order valence-corrected chi connectivity index (χ3v) is 3.99. The maximum Gasteiger partial charge on any atom is 0.193 e. The summed E-state index contributed by atoms with van der Waals surface area (Å²) < 4.78 is 13.6. The van der Waals surface area contributed by atoms with Crippen molar-refractivity contribution >= 4 is 5.96 Å². The molecule has 0 saturated carbocycles. The first-order chi connectivity index (χ1) is 12.0. The standard InChI is InChI=1S/C20H27FN4/c1-24(2)19(17-11-8-12-18(21)13-17)15-23-20(25(3)4)22-14-16-9-6-5-7-10-16/h5-13,19H,14-15H2,1-4H3,(H,22,23). The maximum absolute atomic E-state index is 13.6. The first-order valence-electron chi connectivity index (χ1n) is 8.39. The fraction of sp³-hybridized carbons (Fsp3) is 0.350. The number of nitrogens with one attached hydrogen (secondary N) is 1. The number of benzene rings is 2. The SMILES string of the molecule is CN(C)C(=NCc1ccccc1)NCC(c1cccc(F)c1)N(C)C. The van der Waals surface area contributed by atoms with Gasteiger partial charge >= 0.3 is 0 Å². The summed E-state index contributed by atoms with van der Waals surface area (Å²) in [4.78, 5) is 8.71. The van der Waals surface area contributed by atoms with Gasteiger partial charge < -0.3 is 15.1 Å². The van der Waals surface area contributed by atoms with Gasteiger partial charge in [0.2, 0.25) is 0 Å². The Morgan fingerprint density at radius 3 is 2.36 bits per heavy atom. The zero-order valence-corrected chi connectivity index (χ0v) is 15.4. The molecule has 0 aliphatic carbocycles. The molecule has 0 heterocycles. The van der Waals surface area contributed by atoms with Crippen LogP contribution in [0.1, 0.15) is 17.2 Å². The van der Waals surface area contributed by atoms with Crippen molar-refractivity contribution < 1.29 is 4.39 Å². The third-order valence-electron chi connectivity index (χ3n) is 3.99. The van der Waals surface area contributed by atoms with Crippen LogP contribution in [-0.4, -0.2) is 50.5 Å². The first-order valence-corrected chi connectivity index (χ1v) is 8.39. The van der Waals surface area contributed by atoms with E-state index in [1.165, 1.54) is 6.07 Å². The molecule has 4 nitrogen and oxygen atoms in total. The van der Waals surface area contributed by atoms with Gasteiger partial charge in [-0.2, -0.15) is 0 Å². The molecule has 5 heteroatoms. The minimum absolute atomic E-state index is 0.0533. The first kappa shape index (κ1) is 18.9. The Bertz CT molecular complexity index is 683. The molecule has 0 radical (unpaired) electrons. The predicted octanol–water partition coefficient (Wildman–Crippen LogP) is 3.14. The molecule has 2 rings (SSSR count). The molecule has 1 unspecified atom stereocenters. The molecular weight excluding hydrogens is 315 g/mol. The number of aliphatic imine (C=N–C) groups is 1. The van der Waals surface area contributed by atoms with Gasteiger partial charge in [-0.1, -0.05) is 42.5 Å². The highest BCUT2D eigenvalue weighted by Gasteiger charge is 2.15. The Hall–Kier alpha value is -2.40. The molecule has 0 spiro atoms. The second-order valence-electron chi connectivity index (χ2n) is 6.44.